The van der Waals surface area contributed by atoms with Crippen molar-refractivity contribution in [2.24, 2.45) is 0 Å². The van der Waals surface area contributed by atoms with E-state index in [-0.39, 0.29) is 12.2 Å². The Balaban J connectivity index is 4.54. The number of hydrogen-bond acceptors (Lipinski definition) is 7. The van der Waals surface area contributed by atoms with Crippen molar-refractivity contribution in [2.75, 3.05) is 60.8 Å². The SMILES string of the molecule is COCCOC(=O)/C(C#N)=C/C=C/N(CCOC)CCOC. The molecular formula is C15H24N2O5. The molecule has 0 bridgehead atoms. The molecule has 0 N–H and O–H groups in total. The van der Waals surface area contributed by atoms with Crippen LogP contribution in [-0.2, 0) is 23.7 Å². The zero-order valence-electron chi connectivity index (χ0n) is 13.4. The molecule has 0 unspecified atom stereocenters. The molecule has 0 amide bonds. The molecule has 0 aliphatic heterocycles. The van der Waals surface area contributed by atoms with E-state index in [1.54, 1.807) is 26.5 Å². The summed E-state index contributed by atoms with van der Waals surface area (Å²) in [4.78, 5) is 13.6. The second kappa shape index (κ2) is 14.1. The average molecular weight is 312 g/mol. The molecule has 0 atom stereocenters. The first-order valence-electron chi connectivity index (χ1n) is 6.86. The Morgan fingerprint density at radius 1 is 1.05 bits per heavy atom. The molecule has 0 rings (SSSR count). The number of esters is 1. The monoisotopic (exact) mass is 312 g/mol. The van der Waals surface area contributed by atoms with Crippen molar-refractivity contribution in [1.29, 1.82) is 5.26 Å². The van der Waals surface area contributed by atoms with Crippen LogP contribution >= 0.6 is 0 Å². The Kier molecular flexibility index (Phi) is 12.9. The normalized spacial score (nSPS) is 11.5. The predicted octanol–water partition coefficient (Wildman–Crippen LogP) is 0.734. The zero-order valence-corrected chi connectivity index (χ0v) is 13.4. The smallest absolute Gasteiger partial charge is 0.348 e. The lowest BCUT2D eigenvalue weighted by Gasteiger charge is -2.19. The highest BCUT2D eigenvalue weighted by Crippen LogP contribution is 1.99. The summed E-state index contributed by atoms with van der Waals surface area (Å²) in [6, 6.07) is 1.82. The van der Waals surface area contributed by atoms with Gasteiger partial charge in [-0.2, -0.15) is 5.26 Å². The van der Waals surface area contributed by atoms with Gasteiger partial charge in [-0.3, -0.25) is 0 Å². The molecule has 0 aromatic heterocycles. The molecule has 0 aromatic rings. The van der Waals surface area contributed by atoms with Crippen LogP contribution < -0.4 is 0 Å². The maximum Gasteiger partial charge on any atom is 0.348 e. The lowest BCUT2D eigenvalue weighted by atomic mass is 10.2. The third-order valence-corrected chi connectivity index (χ3v) is 2.59. The van der Waals surface area contributed by atoms with E-state index >= 15 is 0 Å². The van der Waals surface area contributed by atoms with Crippen LogP contribution in [0.2, 0.25) is 0 Å². The van der Waals surface area contributed by atoms with Gasteiger partial charge < -0.3 is 23.8 Å². The Bertz CT molecular complexity index is 393. The maximum absolute atomic E-state index is 11.6. The van der Waals surface area contributed by atoms with Gasteiger partial charge in [0.25, 0.3) is 0 Å². The van der Waals surface area contributed by atoms with Gasteiger partial charge in [0.15, 0.2) is 0 Å². The molecular weight excluding hydrogens is 288 g/mol. The number of allylic oxidation sites excluding steroid dienone is 2. The first-order chi connectivity index (χ1) is 10.7. The van der Waals surface area contributed by atoms with Gasteiger partial charge in [-0.1, -0.05) is 0 Å². The average Bonchev–Trinajstić information content (AvgIpc) is 2.53. The number of carbonyl (C=O) groups is 1. The van der Waals surface area contributed by atoms with Crippen LogP contribution in [0.25, 0.3) is 0 Å². The molecule has 0 aromatic carbocycles. The molecule has 0 aliphatic rings. The third-order valence-electron chi connectivity index (χ3n) is 2.59. The lowest BCUT2D eigenvalue weighted by molar-refractivity contribution is -0.139. The van der Waals surface area contributed by atoms with Crippen LogP contribution in [0.15, 0.2) is 23.9 Å². The van der Waals surface area contributed by atoms with Gasteiger partial charge in [0, 0.05) is 34.4 Å². The molecule has 0 radical (unpaired) electrons. The minimum Gasteiger partial charge on any atom is -0.459 e. The van der Waals surface area contributed by atoms with E-state index in [1.807, 2.05) is 11.0 Å². The fraction of sp³-hybridized carbons (Fsp3) is 0.600. The number of methoxy groups -OCH3 is 3. The van der Waals surface area contributed by atoms with Crippen molar-refractivity contribution in [2.45, 2.75) is 0 Å². The first kappa shape index (κ1) is 20.1. The van der Waals surface area contributed by atoms with Gasteiger partial charge in [-0.15, -0.1) is 0 Å². The second-order valence-corrected chi connectivity index (χ2v) is 4.18. The minimum absolute atomic E-state index is 0.0641. The summed E-state index contributed by atoms with van der Waals surface area (Å²) in [5.74, 6) is -0.662. The maximum atomic E-state index is 11.6. The van der Waals surface area contributed by atoms with Crippen molar-refractivity contribution in [3.8, 4) is 6.07 Å². The molecule has 22 heavy (non-hydrogen) atoms. The predicted molar refractivity (Wildman–Crippen MR) is 81.0 cm³/mol. The van der Waals surface area contributed by atoms with Crippen LogP contribution in [0, 0.1) is 11.3 Å². The number of carbonyl (C=O) groups excluding carboxylic acids is 1. The first-order valence-corrected chi connectivity index (χ1v) is 6.86. The van der Waals surface area contributed by atoms with Gasteiger partial charge in [-0.05, 0) is 18.4 Å². The summed E-state index contributed by atoms with van der Waals surface area (Å²) in [7, 11) is 4.76. The summed E-state index contributed by atoms with van der Waals surface area (Å²) >= 11 is 0. The number of rotatable bonds is 12. The van der Waals surface area contributed by atoms with Crippen LogP contribution in [-0.4, -0.2) is 71.7 Å². The number of nitrogens with zero attached hydrogens (tertiary/aromatic N) is 2. The molecule has 0 aliphatic carbocycles. The van der Waals surface area contributed by atoms with Crippen LogP contribution in [0.3, 0.4) is 0 Å². The summed E-state index contributed by atoms with van der Waals surface area (Å²) in [6.45, 7) is 2.92. The second-order valence-electron chi connectivity index (χ2n) is 4.18. The molecule has 0 saturated carbocycles. The Hall–Kier alpha value is -1.88. The number of ether oxygens (including phenoxy) is 4. The Labute approximate surface area is 131 Å². The van der Waals surface area contributed by atoms with Gasteiger partial charge in [-0.25, -0.2) is 4.79 Å². The van der Waals surface area contributed by atoms with E-state index < -0.39 is 5.97 Å². The molecule has 0 spiro atoms. The molecule has 0 heterocycles. The highest BCUT2D eigenvalue weighted by Gasteiger charge is 2.08. The highest BCUT2D eigenvalue weighted by molar-refractivity contribution is 5.93. The summed E-state index contributed by atoms with van der Waals surface area (Å²) in [5, 5.41) is 8.96. The lowest BCUT2D eigenvalue weighted by Crippen LogP contribution is -2.25. The van der Waals surface area contributed by atoms with Crippen molar-refractivity contribution in [3.05, 3.63) is 23.9 Å². The van der Waals surface area contributed by atoms with Crippen molar-refractivity contribution in [1.82, 2.24) is 4.90 Å². The molecule has 0 fully saturated rings. The largest absolute Gasteiger partial charge is 0.459 e. The summed E-state index contributed by atoms with van der Waals surface area (Å²) < 4.78 is 19.7. The molecule has 0 saturated heterocycles. The topological polar surface area (TPSA) is 81.0 Å². The van der Waals surface area contributed by atoms with E-state index in [1.165, 1.54) is 13.2 Å². The van der Waals surface area contributed by atoms with Crippen molar-refractivity contribution in [3.63, 3.8) is 0 Å². The van der Waals surface area contributed by atoms with E-state index in [9.17, 15) is 4.79 Å². The Morgan fingerprint density at radius 3 is 2.14 bits per heavy atom. The fourth-order valence-electron chi connectivity index (χ4n) is 1.39. The summed E-state index contributed by atoms with van der Waals surface area (Å²) in [5.41, 5.74) is -0.0641. The summed E-state index contributed by atoms with van der Waals surface area (Å²) in [6.07, 6.45) is 4.82. The van der Waals surface area contributed by atoms with E-state index in [0.29, 0.717) is 32.9 Å². The van der Waals surface area contributed by atoms with E-state index in [0.717, 1.165) is 0 Å². The van der Waals surface area contributed by atoms with E-state index in [4.69, 9.17) is 24.2 Å². The standard InChI is InChI=1S/C15H24N2O5/c1-19-9-7-17(8-10-20-2)6-4-5-14(13-16)15(18)22-12-11-21-3/h4-6H,7-12H2,1-3H3/b6-4+,14-5+. The fourth-order valence-corrected chi connectivity index (χ4v) is 1.39. The van der Waals surface area contributed by atoms with Crippen LogP contribution in [0.1, 0.15) is 0 Å². The number of hydrogen-bond donors (Lipinski definition) is 0. The molecule has 7 nitrogen and oxygen atoms in total. The van der Waals surface area contributed by atoms with Crippen molar-refractivity contribution < 1.29 is 23.7 Å². The molecule has 7 heteroatoms. The quantitative estimate of drug-likeness (QED) is 0.173. The number of nitriles is 1. The van der Waals surface area contributed by atoms with Gasteiger partial charge in [0.1, 0.15) is 18.2 Å². The molecule has 124 valence electrons. The van der Waals surface area contributed by atoms with Crippen molar-refractivity contribution >= 4 is 5.97 Å². The minimum atomic E-state index is -0.662. The third kappa shape index (κ3) is 9.94. The van der Waals surface area contributed by atoms with Crippen LogP contribution in [0.4, 0.5) is 0 Å². The van der Waals surface area contributed by atoms with Gasteiger partial charge >= 0.3 is 5.97 Å². The van der Waals surface area contributed by atoms with Gasteiger partial charge in [0.05, 0.1) is 19.8 Å². The van der Waals surface area contributed by atoms with Gasteiger partial charge in [0.2, 0.25) is 0 Å². The zero-order chi connectivity index (χ0) is 16.6. The highest BCUT2D eigenvalue weighted by atomic mass is 16.6. The van der Waals surface area contributed by atoms with E-state index in [2.05, 4.69) is 0 Å². The Morgan fingerprint density at radius 2 is 1.64 bits per heavy atom. The van der Waals surface area contributed by atoms with Crippen LogP contribution in [0.5, 0.6) is 0 Å².